The van der Waals surface area contributed by atoms with E-state index in [1.165, 1.54) is 6.33 Å². The molecule has 24 heavy (non-hydrogen) atoms. The lowest BCUT2D eigenvalue weighted by molar-refractivity contribution is 0.0705. The van der Waals surface area contributed by atoms with E-state index in [-0.39, 0.29) is 11.8 Å². The van der Waals surface area contributed by atoms with Crippen LogP contribution >= 0.6 is 0 Å². The largest absolute Gasteiger partial charge is 0.348 e. The van der Waals surface area contributed by atoms with E-state index in [0.717, 1.165) is 30.8 Å². The maximum Gasteiger partial charge on any atom is 0.254 e. The lowest BCUT2D eigenvalue weighted by Gasteiger charge is -2.32. The van der Waals surface area contributed by atoms with Crippen molar-refractivity contribution in [2.45, 2.75) is 18.8 Å². The maximum absolute atomic E-state index is 13.1. The van der Waals surface area contributed by atoms with E-state index in [1.54, 1.807) is 6.20 Å². The second kappa shape index (κ2) is 6.27. The van der Waals surface area contributed by atoms with E-state index in [1.807, 2.05) is 35.4 Å². The molecule has 2 aromatic heterocycles. The van der Waals surface area contributed by atoms with Crippen molar-refractivity contribution in [3.63, 3.8) is 0 Å². The number of imidazole rings is 1. The monoisotopic (exact) mass is 322 g/mol. The summed E-state index contributed by atoms with van der Waals surface area (Å²) in [6, 6.07) is 7.51. The lowest BCUT2D eigenvalue weighted by atomic mass is 9.96. The van der Waals surface area contributed by atoms with Crippen LogP contribution in [-0.4, -0.2) is 49.0 Å². The summed E-state index contributed by atoms with van der Waals surface area (Å²) in [6.07, 6.45) is 7.05. The van der Waals surface area contributed by atoms with Gasteiger partial charge in [0.2, 0.25) is 0 Å². The van der Waals surface area contributed by atoms with Gasteiger partial charge >= 0.3 is 0 Å². The Morgan fingerprint density at radius 1 is 1.25 bits per heavy atom. The topological polar surface area (TPSA) is 90.6 Å². The highest BCUT2D eigenvalue weighted by molar-refractivity contribution is 6.00. The molecule has 1 unspecified atom stereocenters. The van der Waals surface area contributed by atoms with E-state index >= 15 is 0 Å². The summed E-state index contributed by atoms with van der Waals surface area (Å²) in [6.45, 7) is 1.44. The molecule has 7 nitrogen and oxygen atoms in total. The molecule has 1 amide bonds. The number of nitrogens with one attached hydrogen (secondary N) is 2. The number of piperidine rings is 1. The molecule has 4 rings (SSSR count). The zero-order valence-corrected chi connectivity index (χ0v) is 13.1. The molecule has 1 aliphatic heterocycles. The molecule has 122 valence electrons. The Bertz CT molecular complexity index is 811. The van der Waals surface area contributed by atoms with Crippen molar-refractivity contribution >= 4 is 5.91 Å². The third-order valence-electron chi connectivity index (χ3n) is 4.44. The summed E-state index contributed by atoms with van der Waals surface area (Å²) in [5, 5.41) is 6.72. The normalized spacial score (nSPS) is 17.8. The van der Waals surface area contributed by atoms with Gasteiger partial charge in [-0.05, 0) is 18.9 Å². The second-order valence-electron chi connectivity index (χ2n) is 5.94. The number of H-pyrrole nitrogens is 2. The van der Waals surface area contributed by atoms with Crippen molar-refractivity contribution in [3.05, 3.63) is 54.4 Å². The highest BCUT2D eigenvalue weighted by Gasteiger charge is 2.28. The van der Waals surface area contributed by atoms with Gasteiger partial charge in [0, 0.05) is 37.0 Å². The van der Waals surface area contributed by atoms with Gasteiger partial charge in [-0.15, -0.1) is 0 Å². The number of hydrogen-bond acceptors (Lipinski definition) is 4. The number of hydrogen-bond donors (Lipinski definition) is 2. The van der Waals surface area contributed by atoms with E-state index in [0.29, 0.717) is 17.9 Å². The molecule has 3 aromatic rings. The first-order chi connectivity index (χ1) is 11.8. The third kappa shape index (κ3) is 2.68. The standard InChI is InChI=1S/C17H18N6O/c24-17(14-6-2-1-5-13(14)16-20-11-21-22-16)23-9-3-4-12(10-23)15-18-7-8-19-15/h1-2,5-8,11-12H,3-4,9-10H2,(H,18,19)(H,20,21,22). The van der Waals surface area contributed by atoms with Crippen LogP contribution in [0.25, 0.3) is 11.4 Å². The van der Waals surface area contributed by atoms with Gasteiger partial charge in [-0.2, -0.15) is 5.10 Å². The summed E-state index contributed by atoms with van der Waals surface area (Å²) in [4.78, 5) is 26.7. The van der Waals surface area contributed by atoms with Crippen LogP contribution in [0.5, 0.6) is 0 Å². The number of benzene rings is 1. The average molecular weight is 322 g/mol. The maximum atomic E-state index is 13.1. The summed E-state index contributed by atoms with van der Waals surface area (Å²) < 4.78 is 0. The molecule has 1 aliphatic rings. The quantitative estimate of drug-likeness (QED) is 0.773. The first kappa shape index (κ1) is 14.6. The predicted octanol–water partition coefficient (Wildman–Crippen LogP) is 2.21. The van der Waals surface area contributed by atoms with Gasteiger partial charge < -0.3 is 9.88 Å². The van der Waals surface area contributed by atoms with E-state index in [9.17, 15) is 4.79 Å². The van der Waals surface area contributed by atoms with Crippen LogP contribution in [0.3, 0.4) is 0 Å². The highest BCUT2D eigenvalue weighted by atomic mass is 16.2. The fraction of sp³-hybridized carbons (Fsp3) is 0.294. The zero-order valence-electron chi connectivity index (χ0n) is 13.1. The van der Waals surface area contributed by atoms with Gasteiger partial charge in [0.15, 0.2) is 5.82 Å². The molecule has 0 saturated carbocycles. The average Bonchev–Trinajstić information content (AvgIpc) is 3.35. The number of nitrogens with zero attached hydrogens (tertiary/aromatic N) is 4. The molecular formula is C17H18N6O. The summed E-state index contributed by atoms with van der Waals surface area (Å²) >= 11 is 0. The van der Waals surface area contributed by atoms with Gasteiger partial charge in [0.1, 0.15) is 12.2 Å². The van der Waals surface area contributed by atoms with Gasteiger partial charge in [0.05, 0.1) is 5.56 Å². The van der Waals surface area contributed by atoms with E-state index < -0.39 is 0 Å². The fourth-order valence-corrected chi connectivity index (χ4v) is 3.27. The Labute approximate surface area is 139 Å². The van der Waals surface area contributed by atoms with Crippen molar-refractivity contribution in [2.75, 3.05) is 13.1 Å². The summed E-state index contributed by atoms with van der Waals surface area (Å²) in [5.41, 5.74) is 1.43. The number of rotatable bonds is 3. The van der Waals surface area contributed by atoms with Gasteiger partial charge in [-0.3, -0.25) is 9.89 Å². The van der Waals surface area contributed by atoms with Crippen LogP contribution in [-0.2, 0) is 0 Å². The number of aromatic nitrogens is 5. The number of carbonyl (C=O) groups excluding carboxylic acids is 1. The number of amides is 1. The molecule has 1 fully saturated rings. The van der Waals surface area contributed by atoms with Crippen molar-refractivity contribution in [1.82, 2.24) is 30.0 Å². The SMILES string of the molecule is O=C(c1ccccc1-c1ncn[nH]1)N1CCCC(c2ncc[nH]2)C1. The smallest absolute Gasteiger partial charge is 0.254 e. The summed E-state index contributed by atoms with van der Waals surface area (Å²) in [7, 11) is 0. The molecule has 0 aliphatic carbocycles. The molecule has 0 radical (unpaired) electrons. The molecule has 1 saturated heterocycles. The third-order valence-corrected chi connectivity index (χ3v) is 4.44. The number of likely N-dealkylation sites (tertiary alicyclic amines) is 1. The minimum atomic E-state index is 0.0262. The van der Waals surface area contributed by atoms with E-state index in [2.05, 4.69) is 25.1 Å². The first-order valence-electron chi connectivity index (χ1n) is 8.06. The molecule has 3 heterocycles. The molecule has 0 bridgehead atoms. The van der Waals surface area contributed by atoms with Crippen LogP contribution in [0.1, 0.15) is 34.9 Å². The first-order valence-corrected chi connectivity index (χ1v) is 8.06. The van der Waals surface area contributed by atoms with Crippen LogP contribution in [0.4, 0.5) is 0 Å². The Hall–Kier alpha value is -2.96. The molecule has 0 spiro atoms. The minimum Gasteiger partial charge on any atom is -0.348 e. The van der Waals surface area contributed by atoms with Crippen LogP contribution in [0.15, 0.2) is 43.0 Å². The Morgan fingerprint density at radius 2 is 2.17 bits per heavy atom. The predicted molar refractivity (Wildman–Crippen MR) is 88.3 cm³/mol. The minimum absolute atomic E-state index is 0.0262. The van der Waals surface area contributed by atoms with Gasteiger partial charge in [0.25, 0.3) is 5.91 Å². The molecule has 1 aromatic carbocycles. The second-order valence-corrected chi connectivity index (χ2v) is 5.94. The van der Waals surface area contributed by atoms with Gasteiger partial charge in [-0.1, -0.05) is 18.2 Å². The van der Waals surface area contributed by atoms with Crippen molar-refractivity contribution in [3.8, 4) is 11.4 Å². The highest BCUT2D eigenvalue weighted by Crippen LogP contribution is 2.27. The molecule has 1 atom stereocenters. The summed E-state index contributed by atoms with van der Waals surface area (Å²) in [5.74, 6) is 1.85. The van der Waals surface area contributed by atoms with Gasteiger partial charge in [-0.25, -0.2) is 9.97 Å². The fourth-order valence-electron chi connectivity index (χ4n) is 3.27. The van der Waals surface area contributed by atoms with Crippen molar-refractivity contribution in [2.24, 2.45) is 0 Å². The number of carbonyl (C=O) groups is 1. The molecule has 7 heteroatoms. The van der Waals surface area contributed by atoms with E-state index in [4.69, 9.17) is 0 Å². The molecule has 2 N–H and O–H groups in total. The van der Waals surface area contributed by atoms with Crippen molar-refractivity contribution < 1.29 is 4.79 Å². The lowest BCUT2D eigenvalue weighted by Crippen LogP contribution is -2.39. The zero-order chi connectivity index (χ0) is 16.4. The number of aromatic amines is 2. The molecular weight excluding hydrogens is 304 g/mol. The Morgan fingerprint density at radius 3 is 2.96 bits per heavy atom. The Balaban J connectivity index is 1.60. The van der Waals surface area contributed by atoms with Crippen molar-refractivity contribution in [1.29, 1.82) is 0 Å². The van der Waals surface area contributed by atoms with Crippen LogP contribution in [0, 0.1) is 0 Å². The van der Waals surface area contributed by atoms with Crippen LogP contribution in [0.2, 0.25) is 0 Å². The Kier molecular flexibility index (Phi) is 3.82. The van der Waals surface area contributed by atoms with Crippen LogP contribution < -0.4 is 0 Å².